The Labute approximate surface area is 131 Å². The molecule has 2 aromatic rings. The van der Waals surface area contributed by atoms with Gasteiger partial charge in [-0.25, -0.2) is 0 Å². The minimum atomic E-state index is 0.0104. The summed E-state index contributed by atoms with van der Waals surface area (Å²) in [5, 5.41) is 12.7. The lowest BCUT2D eigenvalue weighted by atomic mass is 9.85. The smallest absolute Gasteiger partial charge is 0.0879 e. The maximum atomic E-state index is 9.20. The van der Waals surface area contributed by atoms with Gasteiger partial charge in [0.25, 0.3) is 0 Å². The van der Waals surface area contributed by atoms with Gasteiger partial charge in [0, 0.05) is 31.8 Å². The van der Waals surface area contributed by atoms with Crippen molar-refractivity contribution < 1.29 is 5.21 Å². The van der Waals surface area contributed by atoms with E-state index in [1.165, 1.54) is 22.4 Å². The normalized spacial score (nSPS) is 17.5. The minimum absolute atomic E-state index is 0.0104. The van der Waals surface area contributed by atoms with Crippen molar-refractivity contribution in [2.45, 2.75) is 25.7 Å². The van der Waals surface area contributed by atoms with E-state index in [1.807, 2.05) is 14.1 Å². The number of hydrogen-bond donors (Lipinski definition) is 1. The highest BCUT2D eigenvalue weighted by Crippen LogP contribution is 2.40. The van der Waals surface area contributed by atoms with Gasteiger partial charge in [-0.15, -0.1) is 0 Å². The van der Waals surface area contributed by atoms with Crippen molar-refractivity contribution in [2.24, 2.45) is 5.16 Å². The molecule has 0 radical (unpaired) electrons. The third kappa shape index (κ3) is 2.37. The molecule has 0 spiro atoms. The highest BCUT2D eigenvalue weighted by Gasteiger charge is 2.34. The van der Waals surface area contributed by atoms with Crippen molar-refractivity contribution in [3.8, 4) is 11.1 Å². The predicted octanol–water partition coefficient (Wildman–Crippen LogP) is 4.28. The van der Waals surface area contributed by atoms with Crippen LogP contribution in [0.4, 0.5) is 5.69 Å². The Morgan fingerprint density at radius 1 is 1.00 bits per heavy atom. The number of nitrogens with zero attached hydrogens (tertiary/aromatic N) is 2. The van der Waals surface area contributed by atoms with Gasteiger partial charge >= 0.3 is 0 Å². The summed E-state index contributed by atoms with van der Waals surface area (Å²) in [5.41, 5.74) is 6.73. The molecule has 0 atom stereocenters. The molecule has 3 heteroatoms. The fourth-order valence-electron chi connectivity index (χ4n) is 3.19. The van der Waals surface area contributed by atoms with Crippen molar-refractivity contribution >= 4 is 11.4 Å². The Bertz CT molecular complexity index is 728. The summed E-state index contributed by atoms with van der Waals surface area (Å²) in [7, 11) is 4.09. The highest BCUT2D eigenvalue weighted by molar-refractivity contribution is 6.06. The average Bonchev–Trinajstić information content (AvgIpc) is 2.78. The first-order valence-corrected chi connectivity index (χ1v) is 7.56. The molecule has 0 amide bonds. The van der Waals surface area contributed by atoms with Crippen LogP contribution in [0.2, 0.25) is 0 Å². The van der Waals surface area contributed by atoms with Crippen molar-refractivity contribution in [1.82, 2.24) is 0 Å². The second-order valence-corrected chi connectivity index (χ2v) is 6.81. The van der Waals surface area contributed by atoms with E-state index in [1.54, 1.807) is 0 Å². The van der Waals surface area contributed by atoms with Crippen LogP contribution in [0.25, 0.3) is 11.1 Å². The van der Waals surface area contributed by atoms with Gasteiger partial charge in [0.1, 0.15) is 0 Å². The lowest BCUT2D eigenvalue weighted by Crippen LogP contribution is -2.12. The van der Waals surface area contributed by atoms with Crippen LogP contribution in [-0.2, 0) is 5.41 Å². The molecule has 0 saturated heterocycles. The number of benzene rings is 2. The molecule has 0 saturated carbocycles. The van der Waals surface area contributed by atoms with Gasteiger partial charge in [-0.2, -0.15) is 0 Å². The molecule has 0 aromatic heterocycles. The standard InChI is InChI=1S/C19H22N2O/c1-19(2)12-18(20-22)16-10-7-14(11-17(16)19)13-5-8-15(9-6-13)21(3)4/h5-11,22H,12H2,1-4H3. The number of rotatable bonds is 2. The molecule has 1 N–H and O–H groups in total. The van der Waals surface area contributed by atoms with Crippen LogP contribution in [0.15, 0.2) is 47.6 Å². The van der Waals surface area contributed by atoms with E-state index in [-0.39, 0.29) is 5.41 Å². The van der Waals surface area contributed by atoms with E-state index < -0.39 is 0 Å². The molecule has 22 heavy (non-hydrogen) atoms. The largest absolute Gasteiger partial charge is 0.411 e. The fourth-order valence-corrected chi connectivity index (χ4v) is 3.19. The Balaban J connectivity index is 2.04. The molecular weight excluding hydrogens is 272 g/mol. The summed E-state index contributed by atoms with van der Waals surface area (Å²) in [6.07, 6.45) is 0.780. The minimum Gasteiger partial charge on any atom is -0.411 e. The van der Waals surface area contributed by atoms with Gasteiger partial charge in [0.15, 0.2) is 0 Å². The number of anilines is 1. The van der Waals surface area contributed by atoms with Crippen LogP contribution in [-0.4, -0.2) is 25.0 Å². The van der Waals surface area contributed by atoms with E-state index in [4.69, 9.17) is 0 Å². The van der Waals surface area contributed by atoms with Gasteiger partial charge < -0.3 is 10.1 Å². The molecule has 1 aliphatic carbocycles. The Kier molecular flexibility index (Phi) is 3.44. The molecule has 0 aliphatic heterocycles. The Morgan fingerprint density at radius 3 is 2.23 bits per heavy atom. The first-order valence-electron chi connectivity index (χ1n) is 7.56. The van der Waals surface area contributed by atoms with Crippen LogP contribution in [0.1, 0.15) is 31.4 Å². The van der Waals surface area contributed by atoms with E-state index in [0.717, 1.165) is 17.7 Å². The zero-order valence-electron chi connectivity index (χ0n) is 13.6. The zero-order chi connectivity index (χ0) is 15.9. The third-order valence-corrected chi connectivity index (χ3v) is 4.51. The van der Waals surface area contributed by atoms with Crippen molar-refractivity contribution in [1.29, 1.82) is 0 Å². The molecule has 0 bridgehead atoms. The number of oxime groups is 1. The molecule has 1 aliphatic rings. The Morgan fingerprint density at radius 2 is 1.64 bits per heavy atom. The summed E-state index contributed by atoms with van der Waals surface area (Å²) in [4.78, 5) is 2.10. The van der Waals surface area contributed by atoms with Crippen molar-refractivity contribution in [3.05, 3.63) is 53.6 Å². The maximum absolute atomic E-state index is 9.20. The van der Waals surface area contributed by atoms with Gasteiger partial charge in [-0.1, -0.05) is 43.3 Å². The topological polar surface area (TPSA) is 35.8 Å². The average molecular weight is 294 g/mol. The molecule has 0 unspecified atom stereocenters. The second kappa shape index (κ2) is 5.16. The van der Waals surface area contributed by atoms with Gasteiger partial charge in [0.05, 0.1) is 5.71 Å². The summed E-state index contributed by atoms with van der Waals surface area (Å²) < 4.78 is 0. The molecule has 3 nitrogen and oxygen atoms in total. The van der Waals surface area contributed by atoms with Crippen molar-refractivity contribution in [2.75, 3.05) is 19.0 Å². The van der Waals surface area contributed by atoms with E-state index in [9.17, 15) is 5.21 Å². The second-order valence-electron chi connectivity index (χ2n) is 6.81. The lowest BCUT2D eigenvalue weighted by molar-refractivity contribution is 0.317. The first kappa shape index (κ1) is 14.6. The summed E-state index contributed by atoms with van der Waals surface area (Å²) >= 11 is 0. The molecule has 114 valence electrons. The highest BCUT2D eigenvalue weighted by atomic mass is 16.4. The van der Waals surface area contributed by atoms with Crippen LogP contribution < -0.4 is 4.90 Å². The summed E-state index contributed by atoms with van der Waals surface area (Å²) in [6.45, 7) is 4.39. The lowest BCUT2D eigenvalue weighted by Gasteiger charge is -2.19. The van der Waals surface area contributed by atoms with E-state index in [2.05, 4.69) is 66.4 Å². The quantitative estimate of drug-likeness (QED) is 0.663. The number of hydrogen-bond acceptors (Lipinski definition) is 3. The zero-order valence-corrected chi connectivity index (χ0v) is 13.6. The first-order chi connectivity index (χ1) is 10.4. The van der Waals surface area contributed by atoms with Gasteiger partial charge in [0.2, 0.25) is 0 Å². The van der Waals surface area contributed by atoms with E-state index >= 15 is 0 Å². The van der Waals surface area contributed by atoms with Crippen LogP contribution >= 0.6 is 0 Å². The SMILES string of the molecule is CN(C)c1ccc(-c2ccc3c(c2)C(C)(C)CC3=NO)cc1. The fraction of sp³-hybridized carbons (Fsp3) is 0.316. The third-order valence-electron chi connectivity index (χ3n) is 4.51. The molecule has 0 heterocycles. The molecule has 0 fully saturated rings. The molecule has 3 rings (SSSR count). The van der Waals surface area contributed by atoms with Crippen LogP contribution in [0.5, 0.6) is 0 Å². The van der Waals surface area contributed by atoms with Crippen molar-refractivity contribution in [3.63, 3.8) is 0 Å². The monoisotopic (exact) mass is 294 g/mol. The van der Waals surface area contributed by atoms with Crippen LogP contribution in [0, 0.1) is 0 Å². The van der Waals surface area contributed by atoms with Gasteiger partial charge in [-0.05, 0) is 40.3 Å². The Hall–Kier alpha value is -2.29. The molecule has 2 aromatic carbocycles. The summed E-state index contributed by atoms with van der Waals surface area (Å²) in [6, 6.07) is 15.0. The maximum Gasteiger partial charge on any atom is 0.0879 e. The number of fused-ring (bicyclic) bond motifs is 1. The van der Waals surface area contributed by atoms with Gasteiger partial charge in [-0.3, -0.25) is 0 Å². The molecular formula is C19H22N2O. The summed E-state index contributed by atoms with van der Waals surface area (Å²) in [5.74, 6) is 0. The van der Waals surface area contributed by atoms with E-state index in [0.29, 0.717) is 0 Å². The predicted molar refractivity (Wildman–Crippen MR) is 92.2 cm³/mol. The van der Waals surface area contributed by atoms with Crippen LogP contribution in [0.3, 0.4) is 0 Å².